The zero-order valence-corrected chi connectivity index (χ0v) is 10.5. The standard InChI is InChI=1S/C14H18N2O/c1-4-10(3)13-12(14(15)17-16-13)11-7-5-6-9(2)8-11/h5-8,10H,4,15H2,1-3H3. The van der Waals surface area contributed by atoms with Gasteiger partial charge in [-0.15, -0.1) is 0 Å². The molecular weight excluding hydrogens is 212 g/mol. The Kier molecular flexibility index (Phi) is 3.18. The van der Waals surface area contributed by atoms with Gasteiger partial charge in [0.1, 0.15) is 0 Å². The van der Waals surface area contributed by atoms with Crippen LogP contribution in [0.25, 0.3) is 11.1 Å². The molecule has 3 nitrogen and oxygen atoms in total. The molecule has 0 saturated carbocycles. The van der Waals surface area contributed by atoms with Crippen molar-refractivity contribution in [2.75, 3.05) is 5.73 Å². The predicted molar refractivity (Wildman–Crippen MR) is 69.8 cm³/mol. The highest BCUT2D eigenvalue weighted by Gasteiger charge is 2.19. The lowest BCUT2D eigenvalue weighted by atomic mass is 9.95. The van der Waals surface area contributed by atoms with Gasteiger partial charge in [-0.2, -0.15) is 0 Å². The average Bonchev–Trinajstić information content (AvgIpc) is 2.70. The van der Waals surface area contributed by atoms with Crippen molar-refractivity contribution in [2.45, 2.75) is 33.1 Å². The van der Waals surface area contributed by atoms with Crippen LogP contribution in [-0.4, -0.2) is 5.16 Å². The molecule has 0 bridgehead atoms. The van der Waals surface area contributed by atoms with Crippen LogP contribution in [0.1, 0.15) is 37.4 Å². The van der Waals surface area contributed by atoms with Crippen LogP contribution in [0.5, 0.6) is 0 Å². The first-order valence-corrected chi connectivity index (χ1v) is 5.95. The largest absolute Gasteiger partial charge is 0.367 e. The van der Waals surface area contributed by atoms with Crippen LogP contribution in [0.3, 0.4) is 0 Å². The summed E-state index contributed by atoms with van der Waals surface area (Å²) in [6, 6.07) is 8.24. The predicted octanol–water partition coefficient (Wildman–Crippen LogP) is 3.75. The smallest absolute Gasteiger partial charge is 0.230 e. The molecule has 0 saturated heterocycles. The summed E-state index contributed by atoms with van der Waals surface area (Å²) >= 11 is 0. The SMILES string of the molecule is CCC(C)c1noc(N)c1-c1cccc(C)c1. The molecule has 0 amide bonds. The van der Waals surface area contributed by atoms with E-state index in [1.165, 1.54) is 5.56 Å². The Labute approximate surface area is 102 Å². The number of nitrogen functional groups attached to an aromatic ring is 1. The molecule has 2 N–H and O–H groups in total. The summed E-state index contributed by atoms with van der Waals surface area (Å²) < 4.78 is 5.14. The number of nitrogens with zero attached hydrogens (tertiary/aromatic N) is 1. The van der Waals surface area contributed by atoms with Crippen molar-refractivity contribution in [1.29, 1.82) is 0 Å². The number of aromatic nitrogens is 1. The first-order chi connectivity index (χ1) is 8.13. The van der Waals surface area contributed by atoms with E-state index in [-0.39, 0.29) is 0 Å². The Morgan fingerprint density at radius 3 is 2.82 bits per heavy atom. The fourth-order valence-electron chi connectivity index (χ4n) is 1.94. The minimum absolute atomic E-state index is 0.353. The monoisotopic (exact) mass is 230 g/mol. The molecule has 0 aliphatic rings. The summed E-state index contributed by atoms with van der Waals surface area (Å²) in [5.74, 6) is 0.762. The second-order valence-electron chi connectivity index (χ2n) is 4.49. The van der Waals surface area contributed by atoms with Gasteiger partial charge in [0.25, 0.3) is 0 Å². The number of aryl methyl sites for hydroxylation is 1. The molecule has 0 fully saturated rings. The molecule has 0 radical (unpaired) electrons. The average molecular weight is 230 g/mol. The Morgan fingerprint density at radius 1 is 1.41 bits per heavy atom. The minimum atomic E-state index is 0.353. The van der Waals surface area contributed by atoms with Gasteiger partial charge in [-0.25, -0.2) is 0 Å². The summed E-state index contributed by atoms with van der Waals surface area (Å²) in [6.45, 7) is 6.34. The fraction of sp³-hybridized carbons (Fsp3) is 0.357. The maximum atomic E-state index is 5.89. The molecule has 0 spiro atoms. The Balaban J connectivity index is 2.54. The van der Waals surface area contributed by atoms with Gasteiger partial charge in [-0.1, -0.05) is 48.8 Å². The molecule has 1 aromatic heterocycles. The van der Waals surface area contributed by atoms with Crippen molar-refractivity contribution < 1.29 is 4.52 Å². The highest BCUT2D eigenvalue weighted by molar-refractivity contribution is 5.75. The zero-order valence-electron chi connectivity index (χ0n) is 10.5. The van der Waals surface area contributed by atoms with E-state index in [1.807, 2.05) is 12.1 Å². The summed E-state index contributed by atoms with van der Waals surface area (Å²) in [4.78, 5) is 0. The van der Waals surface area contributed by atoms with Gasteiger partial charge in [-0.05, 0) is 18.9 Å². The fourth-order valence-corrected chi connectivity index (χ4v) is 1.94. The van der Waals surface area contributed by atoms with Crippen LogP contribution in [0.4, 0.5) is 5.88 Å². The second-order valence-corrected chi connectivity index (χ2v) is 4.49. The first kappa shape index (κ1) is 11.7. The molecule has 1 aromatic carbocycles. The third-order valence-electron chi connectivity index (χ3n) is 3.13. The van der Waals surface area contributed by atoms with Gasteiger partial charge >= 0.3 is 0 Å². The van der Waals surface area contributed by atoms with Crippen molar-refractivity contribution in [3.63, 3.8) is 0 Å². The van der Waals surface area contributed by atoms with E-state index in [1.54, 1.807) is 0 Å². The van der Waals surface area contributed by atoms with Gasteiger partial charge < -0.3 is 10.3 Å². The molecule has 90 valence electrons. The summed E-state index contributed by atoms with van der Waals surface area (Å²) in [7, 11) is 0. The maximum absolute atomic E-state index is 5.89. The van der Waals surface area contributed by atoms with E-state index in [4.69, 9.17) is 10.3 Å². The maximum Gasteiger partial charge on any atom is 0.230 e. The van der Waals surface area contributed by atoms with Gasteiger partial charge in [-0.3, -0.25) is 0 Å². The normalized spacial score (nSPS) is 12.6. The summed E-state index contributed by atoms with van der Waals surface area (Å²) in [5.41, 5.74) is 10.1. The number of nitrogens with two attached hydrogens (primary N) is 1. The Hall–Kier alpha value is -1.77. The topological polar surface area (TPSA) is 52.0 Å². The quantitative estimate of drug-likeness (QED) is 0.873. The molecule has 2 rings (SSSR count). The zero-order chi connectivity index (χ0) is 12.4. The van der Waals surface area contributed by atoms with Gasteiger partial charge in [0.15, 0.2) is 0 Å². The molecular formula is C14H18N2O. The third-order valence-corrected chi connectivity index (χ3v) is 3.13. The first-order valence-electron chi connectivity index (χ1n) is 5.95. The van der Waals surface area contributed by atoms with Crippen LogP contribution in [0.2, 0.25) is 0 Å². The molecule has 3 heteroatoms. The summed E-state index contributed by atoms with van der Waals surface area (Å²) in [6.07, 6.45) is 1.02. The van der Waals surface area contributed by atoms with Gasteiger partial charge in [0.05, 0.1) is 11.3 Å². The molecule has 17 heavy (non-hydrogen) atoms. The van der Waals surface area contributed by atoms with E-state index < -0.39 is 0 Å². The number of benzene rings is 1. The van der Waals surface area contributed by atoms with Gasteiger partial charge in [0, 0.05) is 5.92 Å². The van der Waals surface area contributed by atoms with E-state index in [0.717, 1.165) is 23.2 Å². The second kappa shape index (κ2) is 4.62. The summed E-state index contributed by atoms with van der Waals surface area (Å²) in [5, 5.41) is 4.09. The van der Waals surface area contributed by atoms with Crippen molar-refractivity contribution >= 4 is 5.88 Å². The molecule has 0 aliphatic heterocycles. The van der Waals surface area contributed by atoms with Crippen molar-refractivity contribution in [3.8, 4) is 11.1 Å². The number of hydrogen-bond acceptors (Lipinski definition) is 3. The Morgan fingerprint density at radius 2 is 2.18 bits per heavy atom. The Bertz CT molecular complexity index is 517. The van der Waals surface area contributed by atoms with Crippen LogP contribution in [-0.2, 0) is 0 Å². The number of rotatable bonds is 3. The third kappa shape index (κ3) is 2.18. The lowest BCUT2D eigenvalue weighted by Gasteiger charge is -2.08. The molecule has 2 aromatic rings. The van der Waals surface area contributed by atoms with Crippen molar-refractivity contribution in [3.05, 3.63) is 35.5 Å². The number of hydrogen-bond donors (Lipinski definition) is 1. The van der Waals surface area contributed by atoms with Crippen LogP contribution in [0.15, 0.2) is 28.8 Å². The molecule has 1 unspecified atom stereocenters. The van der Waals surface area contributed by atoms with Crippen LogP contribution >= 0.6 is 0 Å². The molecule has 1 heterocycles. The van der Waals surface area contributed by atoms with E-state index in [2.05, 4.69) is 38.1 Å². The van der Waals surface area contributed by atoms with Crippen LogP contribution in [0, 0.1) is 6.92 Å². The van der Waals surface area contributed by atoms with E-state index >= 15 is 0 Å². The lowest BCUT2D eigenvalue weighted by molar-refractivity contribution is 0.421. The van der Waals surface area contributed by atoms with E-state index in [0.29, 0.717) is 11.8 Å². The number of anilines is 1. The highest BCUT2D eigenvalue weighted by Crippen LogP contribution is 2.35. The lowest BCUT2D eigenvalue weighted by Crippen LogP contribution is -1.95. The minimum Gasteiger partial charge on any atom is -0.367 e. The molecule has 1 atom stereocenters. The highest BCUT2D eigenvalue weighted by atomic mass is 16.5. The molecule has 0 aliphatic carbocycles. The van der Waals surface area contributed by atoms with E-state index in [9.17, 15) is 0 Å². The van der Waals surface area contributed by atoms with Crippen LogP contribution < -0.4 is 5.73 Å². The van der Waals surface area contributed by atoms with Gasteiger partial charge in [0.2, 0.25) is 5.88 Å². The van der Waals surface area contributed by atoms with Crippen molar-refractivity contribution in [2.24, 2.45) is 0 Å². The van der Waals surface area contributed by atoms with Crippen molar-refractivity contribution in [1.82, 2.24) is 5.16 Å².